The molecule has 4 heteroatoms. The molecular formula is C10H18N2O2. The number of aliphatic hydroxyl groups excluding tert-OH is 1. The van der Waals surface area contributed by atoms with Crippen molar-refractivity contribution in [1.29, 1.82) is 0 Å². The molecule has 0 aromatic heterocycles. The molecule has 0 radical (unpaired) electrons. The summed E-state index contributed by atoms with van der Waals surface area (Å²) in [5.41, 5.74) is 0. The Balaban J connectivity index is 1.90. The van der Waals surface area contributed by atoms with Gasteiger partial charge >= 0.3 is 6.03 Å². The minimum absolute atomic E-state index is 0.0811. The van der Waals surface area contributed by atoms with Gasteiger partial charge in [-0.3, -0.25) is 0 Å². The van der Waals surface area contributed by atoms with Crippen molar-refractivity contribution < 1.29 is 9.90 Å². The third-order valence-electron chi connectivity index (χ3n) is 3.22. The number of carbonyl (C=O) groups excluding carboxylic acids is 1. The fourth-order valence-corrected chi connectivity index (χ4v) is 2.37. The van der Waals surface area contributed by atoms with E-state index in [2.05, 4.69) is 5.32 Å². The Bertz CT molecular complexity index is 212. The molecule has 1 aliphatic carbocycles. The van der Waals surface area contributed by atoms with Crippen LogP contribution in [-0.4, -0.2) is 41.3 Å². The summed E-state index contributed by atoms with van der Waals surface area (Å²) in [6.45, 7) is 1.69. The number of aliphatic hydroxyl groups is 1. The summed E-state index contributed by atoms with van der Waals surface area (Å²) in [4.78, 5) is 13.5. The first-order valence-corrected chi connectivity index (χ1v) is 5.50. The Morgan fingerprint density at radius 1 is 1.29 bits per heavy atom. The van der Waals surface area contributed by atoms with Crippen LogP contribution in [0.3, 0.4) is 0 Å². The summed E-state index contributed by atoms with van der Waals surface area (Å²) in [5, 5.41) is 12.2. The van der Waals surface area contributed by atoms with Gasteiger partial charge in [-0.05, 0) is 32.1 Å². The van der Waals surface area contributed by atoms with Crippen molar-refractivity contribution in [2.24, 2.45) is 0 Å². The minimum Gasteiger partial charge on any atom is -0.393 e. The van der Waals surface area contributed by atoms with Crippen LogP contribution in [0.25, 0.3) is 0 Å². The first-order chi connectivity index (χ1) is 6.77. The molecule has 2 rings (SSSR count). The molecule has 2 N–H and O–H groups in total. The number of carbonyl (C=O) groups is 1. The molecule has 2 amide bonds. The second kappa shape index (κ2) is 4.17. The van der Waals surface area contributed by atoms with E-state index >= 15 is 0 Å². The standard InChI is InChI=1S/C10H18N2O2/c13-9-4-2-8(3-5-9)12-7-1-6-11-10(12)14/h8-9,13H,1-7H2,(H,11,14). The van der Waals surface area contributed by atoms with Crippen LogP contribution in [0.15, 0.2) is 0 Å². The van der Waals surface area contributed by atoms with Crippen LogP contribution >= 0.6 is 0 Å². The highest BCUT2D eigenvalue weighted by atomic mass is 16.3. The number of nitrogens with one attached hydrogen (secondary N) is 1. The monoisotopic (exact) mass is 198 g/mol. The molecule has 1 aliphatic heterocycles. The molecular weight excluding hydrogens is 180 g/mol. The zero-order valence-corrected chi connectivity index (χ0v) is 8.41. The van der Waals surface area contributed by atoms with Crippen molar-refractivity contribution in [1.82, 2.24) is 10.2 Å². The van der Waals surface area contributed by atoms with Gasteiger partial charge < -0.3 is 15.3 Å². The third kappa shape index (κ3) is 2.00. The summed E-state index contributed by atoms with van der Waals surface area (Å²) in [6, 6.07) is 0.441. The van der Waals surface area contributed by atoms with E-state index < -0.39 is 0 Å². The lowest BCUT2D eigenvalue weighted by molar-refractivity contribution is 0.0798. The molecule has 0 bridgehead atoms. The molecule has 0 aromatic rings. The van der Waals surface area contributed by atoms with E-state index in [1.165, 1.54) is 0 Å². The molecule has 80 valence electrons. The van der Waals surface area contributed by atoms with Gasteiger partial charge in [-0.1, -0.05) is 0 Å². The van der Waals surface area contributed by atoms with Gasteiger partial charge in [-0.15, -0.1) is 0 Å². The van der Waals surface area contributed by atoms with Crippen LogP contribution in [0.1, 0.15) is 32.1 Å². The number of hydrogen-bond donors (Lipinski definition) is 2. The molecule has 0 atom stereocenters. The van der Waals surface area contributed by atoms with Gasteiger partial charge in [-0.2, -0.15) is 0 Å². The quantitative estimate of drug-likeness (QED) is 0.652. The highest BCUT2D eigenvalue weighted by molar-refractivity contribution is 5.75. The first kappa shape index (κ1) is 9.77. The number of urea groups is 1. The van der Waals surface area contributed by atoms with E-state index in [0.717, 1.165) is 45.2 Å². The Labute approximate surface area is 84.3 Å². The molecule has 1 saturated heterocycles. The van der Waals surface area contributed by atoms with Crippen LogP contribution < -0.4 is 5.32 Å². The molecule has 2 aliphatic rings. The number of rotatable bonds is 1. The molecule has 14 heavy (non-hydrogen) atoms. The molecule has 0 aromatic carbocycles. The van der Waals surface area contributed by atoms with E-state index in [1.807, 2.05) is 4.90 Å². The normalized spacial score (nSPS) is 34.1. The summed E-state index contributed by atoms with van der Waals surface area (Å²) in [5.74, 6) is 0. The Kier molecular flexibility index (Phi) is 2.91. The number of amides is 2. The van der Waals surface area contributed by atoms with Gasteiger partial charge in [0.25, 0.3) is 0 Å². The maximum atomic E-state index is 11.5. The molecule has 2 fully saturated rings. The van der Waals surface area contributed by atoms with Gasteiger partial charge in [0.1, 0.15) is 0 Å². The van der Waals surface area contributed by atoms with E-state index in [9.17, 15) is 9.90 Å². The Morgan fingerprint density at radius 3 is 2.64 bits per heavy atom. The van der Waals surface area contributed by atoms with Crippen LogP contribution in [-0.2, 0) is 0 Å². The zero-order chi connectivity index (χ0) is 9.97. The average molecular weight is 198 g/mol. The van der Waals surface area contributed by atoms with E-state index in [1.54, 1.807) is 0 Å². The summed E-state index contributed by atoms with van der Waals surface area (Å²) >= 11 is 0. The van der Waals surface area contributed by atoms with Gasteiger partial charge in [0.15, 0.2) is 0 Å². The second-order valence-electron chi connectivity index (χ2n) is 4.24. The highest BCUT2D eigenvalue weighted by Crippen LogP contribution is 2.24. The lowest BCUT2D eigenvalue weighted by Crippen LogP contribution is -2.52. The van der Waals surface area contributed by atoms with Crippen molar-refractivity contribution in [3.05, 3.63) is 0 Å². The number of nitrogens with zero attached hydrogens (tertiary/aromatic N) is 1. The van der Waals surface area contributed by atoms with Gasteiger partial charge in [0.2, 0.25) is 0 Å². The lowest BCUT2D eigenvalue weighted by atomic mass is 9.92. The lowest BCUT2D eigenvalue weighted by Gasteiger charge is -2.38. The van der Waals surface area contributed by atoms with E-state index in [0.29, 0.717) is 6.04 Å². The average Bonchev–Trinajstić information content (AvgIpc) is 2.20. The molecule has 0 unspecified atom stereocenters. The second-order valence-corrected chi connectivity index (χ2v) is 4.24. The largest absolute Gasteiger partial charge is 0.393 e. The van der Waals surface area contributed by atoms with Crippen LogP contribution in [0, 0.1) is 0 Å². The topological polar surface area (TPSA) is 52.6 Å². The first-order valence-electron chi connectivity index (χ1n) is 5.50. The maximum Gasteiger partial charge on any atom is 0.317 e. The number of hydrogen-bond acceptors (Lipinski definition) is 2. The van der Waals surface area contributed by atoms with E-state index in [-0.39, 0.29) is 12.1 Å². The zero-order valence-electron chi connectivity index (χ0n) is 8.41. The van der Waals surface area contributed by atoms with Crippen molar-refractivity contribution in [3.63, 3.8) is 0 Å². The van der Waals surface area contributed by atoms with Crippen LogP contribution in [0.5, 0.6) is 0 Å². The van der Waals surface area contributed by atoms with E-state index in [4.69, 9.17) is 0 Å². The summed E-state index contributed by atoms with van der Waals surface area (Å²) in [7, 11) is 0. The van der Waals surface area contributed by atoms with Crippen molar-refractivity contribution >= 4 is 6.03 Å². The van der Waals surface area contributed by atoms with Crippen LogP contribution in [0.4, 0.5) is 4.79 Å². The fourth-order valence-electron chi connectivity index (χ4n) is 2.37. The molecule has 1 heterocycles. The fraction of sp³-hybridized carbons (Fsp3) is 0.900. The minimum atomic E-state index is -0.140. The summed E-state index contributed by atoms with van der Waals surface area (Å²) in [6.07, 6.45) is 4.50. The SMILES string of the molecule is O=C1NCCCN1C1CCC(O)CC1. The molecule has 1 saturated carbocycles. The predicted octanol–water partition coefficient (Wildman–Crippen LogP) is 0.705. The highest BCUT2D eigenvalue weighted by Gasteiger charge is 2.29. The predicted molar refractivity (Wildman–Crippen MR) is 53.0 cm³/mol. The van der Waals surface area contributed by atoms with Crippen molar-refractivity contribution in [2.45, 2.75) is 44.2 Å². The third-order valence-corrected chi connectivity index (χ3v) is 3.22. The Hall–Kier alpha value is -0.770. The van der Waals surface area contributed by atoms with Gasteiger partial charge in [0, 0.05) is 19.1 Å². The molecule has 4 nitrogen and oxygen atoms in total. The maximum absolute atomic E-state index is 11.5. The smallest absolute Gasteiger partial charge is 0.317 e. The van der Waals surface area contributed by atoms with Crippen LogP contribution in [0.2, 0.25) is 0 Å². The van der Waals surface area contributed by atoms with Gasteiger partial charge in [-0.25, -0.2) is 4.79 Å². The Morgan fingerprint density at radius 2 is 2.00 bits per heavy atom. The molecule has 0 spiro atoms. The van der Waals surface area contributed by atoms with Crippen molar-refractivity contribution in [3.8, 4) is 0 Å². The summed E-state index contributed by atoms with van der Waals surface area (Å²) < 4.78 is 0. The van der Waals surface area contributed by atoms with Gasteiger partial charge in [0.05, 0.1) is 6.10 Å². The van der Waals surface area contributed by atoms with Crippen molar-refractivity contribution in [2.75, 3.05) is 13.1 Å².